The molecule has 1 aromatic carbocycles. The third kappa shape index (κ3) is 2.89. The molecule has 6 heteroatoms. The number of aryl methyl sites for hydroxylation is 1. The quantitative estimate of drug-likeness (QED) is 0.842. The van der Waals surface area contributed by atoms with Gasteiger partial charge in [0.05, 0.1) is 18.6 Å². The molecule has 1 aliphatic rings. The summed E-state index contributed by atoms with van der Waals surface area (Å²) in [5, 5.41) is 3.05. The molecule has 0 spiro atoms. The highest BCUT2D eigenvalue weighted by atomic mass is 32.2. The van der Waals surface area contributed by atoms with Crippen molar-refractivity contribution in [2.75, 3.05) is 23.9 Å². The van der Waals surface area contributed by atoms with Crippen LogP contribution in [-0.2, 0) is 19.4 Å². The molecule has 1 unspecified atom stereocenters. The lowest BCUT2D eigenvalue weighted by atomic mass is 9.98. The van der Waals surface area contributed by atoms with E-state index < -0.39 is 21.3 Å². The Kier molecular flexibility index (Phi) is 3.54. The first-order valence-corrected chi connectivity index (χ1v) is 7.83. The van der Waals surface area contributed by atoms with E-state index in [0.717, 1.165) is 11.3 Å². The summed E-state index contributed by atoms with van der Waals surface area (Å²) in [5.74, 6) is -0.753. The number of anilines is 1. The van der Waals surface area contributed by atoms with Gasteiger partial charge in [-0.3, -0.25) is 0 Å². The second-order valence-electron chi connectivity index (χ2n) is 4.91. The summed E-state index contributed by atoms with van der Waals surface area (Å²) in [6, 6.07) is 7.46. The van der Waals surface area contributed by atoms with E-state index in [1.54, 1.807) is 0 Å². The molecule has 1 aromatic rings. The number of rotatable bonds is 3. The van der Waals surface area contributed by atoms with Gasteiger partial charge in [-0.2, -0.15) is 0 Å². The minimum atomic E-state index is -3.20. The lowest BCUT2D eigenvalue weighted by Crippen LogP contribution is -2.48. The maximum absolute atomic E-state index is 12.0. The summed E-state index contributed by atoms with van der Waals surface area (Å²) < 4.78 is 28.1. The number of esters is 1. The van der Waals surface area contributed by atoms with Crippen molar-refractivity contribution in [2.24, 2.45) is 0 Å². The van der Waals surface area contributed by atoms with Gasteiger partial charge in [-0.25, -0.2) is 13.2 Å². The summed E-state index contributed by atoms with van der Waals surface area (Å²) in [6.07, 6.45) is 0.232. The van der Waals surface area contributed by atoms with E-state index in [0.29, 0.717) is 0 Å². The maximum Gasteiger partial charge on any atom is 0.332 e. The number of carbonyl (C=O) groups excluding carboxylic acids is 1. The van der Waals surface area contributed by atoms with Crippen LogP contribution in [-0.4, -0.2) is 38.5 Å². The van der Waals surface area contributed by atoms with Crippen molar-refractivity contribution in [3.05, 3.63) is 29.8 Å². The van der Waals surface area contributed by atoms with Gasteiger partial charge in [0.2, 0.25) is 0 Å². The third-order valence-electron chi connectivity index (χ3n) is 3.28. The number of hydrogen-bond acceptors (Lipinski definition) is 5. The van der Waals surface area contributed by atoms with Crippen LogP contribution in [0.1, 0.15) is 12.0 Å². The fraction of sp³-hybridized carbons (Fsp3) is 0.462. The summed E-state index contributed by atoms with van der Waals surface area (Å²) in [6.45, 7) is 1.93. The molecule has 104 valence electrons. The van der Waals surface area contributed by atoms with Crippen LogP contribution in [0.4, 0.5) is 5.69 Å². The summed E-state index contributed by atoms with van der Waals surface area (Å²) >= 11 is 0. The van der Waals surface area contributed by atoms with E-state index in [9.17, 15) is 13.2 Å². The number of nitrogens with one attached hydrogen (secondary N) is 1. The van der Waals surface area contributed by atoms with Crippen molar-refractivity contribution >= 4 is 21.5 Å². The molecule has 1 saturated heterocycles. The van der Waals surface area contributed by atoms with Crippen LogP contribution in [0, 0.1) is 6.92 Å². The number of benzene rings is 1. The highest BCUT2D eigenvalue weighted by Gasteiger charge is 2.49. The van der Waals surface area contributed by atoms with Gasteiger partial charge in [0.1, 0.15) is 0 Å². The van der Waals surface area contributed by atoms with Crippen molar-refractivity contribution in [3.8, 4) is 0 Å². The molecule has 0 bridgehead atoms. The Bertz CT molecular complexity index is 596. The van der Waals surface area contributed by atoms with Gasteiger partial charge in [-0.15, -0.1) is 0 Å². The Morgan fingerprint density at radius 2 is 2.16 bits per heavy atom. The topological polar surface area (TPSA) is 72.5 Å². The zero-order valence-corrected chi connectivity index (χ0v) is 11.8. The zero-order valence-electron chi connectivity index (χ0n) is 11.0. The molecular formula is C13H17NO4S. The van der Waals surface area contributed by atoms with Crippen LogP contribution in [0.2, 0.25) is 0 Å². The normalized spacial score (nSPS) is 24.9. The fourth-order valence-electron chi connectivity index (χ4n) is 2.35. The molecule has 1 N–H and O–H groups in total. The molecular weight excluding hydrogens is 266 g/mol. The molecule has 0 aromatic heterocycles. The van der Waals surface area contributed by atoms with Gasteiger partial charge in [-0.05, 0) is 31.0 Å². The summed E-state index contributed by atoms with van der Waals surface area (Å²) in [7, 11) is -1.93. The van der Waals surface area contributed by atoms with Gasteiger partial charge in [-0.1, -0.05) is 12.1 Å². The van der Waals surface area contributed by atoms with Crippen molar-refractivity contribution < 1.29 is 17.9 Å². The van der Waals surface area contributed by atoms with Crippen molar-refractivity contribution in [3.63, 3.8) is 0 Å². The van der Waals surface area contributed by atoms with Crippen molar-refractivity contribution in [1.82, 2.24) is 0 Å². The number of hydrogen-bond donors (Lipinski definition) is 1. The molecule has 19 heavy (non-hydrogen) atoms. The molecule has 1 atom stereocenters. The molecule has 1 fully saturated rings. The average Bonchev–Trinajstić information content (AvgIpc) is 2.65. The first-order chi connectivity index (χ1) is 8.87. The first-order valence-electron chi connectivity index (χ1n) is 6.01. The molecule has 0 amide bonds. The number of ether oxygens (including phenoxy) is 1. The predicted molar refractivity (Wildman–Crippen MR) is 72.8 cm³/mol. The predicted octanol–water partition coefficient (Wildman–Crippen LogP) is 1.14. The summed E-state index contributed by atoms with van der Waals surface area (Å²) in [5.41, 5.74) is 0.592. The van der Waals surface area contributed by atoms with E-state index in [4.69, 9.17) is 4.74 Å². The molecule has 1 aliphatic heterocycles. The minimum Gasteiger partial charge on any atom is -0.467 e. The van der Waals surface area contributed by atoms with Crippen LogP contribution in [0.5, 0.6) is 0 Å². The Balaban J connectivity index is 2.33. The van der Waals surface area contributed by atoms with Crippen LogP contribution in [0.3, 0.4) is 0 Å². The first kappa shape index (κ1) is 13.9. The summed E-state index contributed by atoms with van der Waals surface area (Å²) in [4.78, 5) is 12.0. The van der Waals surface area contributed by atoms with Crippen LogP contribution in [0.25, 0.3) is 0 Å². The molecule has 2 rings (SSSR count). The molecule has 0 radical (unpaired) electrons. The Morgan fingerprint density at radius 3 is 2.68 bits per heavy atom. The Morgan fingerprint density at radius 1 is 1.42 bits per heavy atom. The maximum atomic E-state index is 12.0. The highest BCUT2D eigenvalue weighted by Crippen LogP contribution is 2.29. The van der Waals surface area contributed by atoms with E-state index in [-0.39, 0.29) is 17.9 Å². The Hall–Kier alpha value is -1.56. The van der Waals surface area contributed by atoms with Gasteiger partial charge in [0.25, 0.3) is 0 Å². The fourth-order valence-corrected chi connectivity index (χ4v) is 4.24. The van der Waals surface area contributed by atoms with Gasteiger partial charge >= 0.3 is 5.97 Å². The molecule has 5 nitrogen and oxygen atoms in total. The minimum absolute atomic E-state index is 0.000908. The highest BCUT2D eigenvalue weighted by molar-refractivity contribution is 7.91. The van der Waals surface area contributed by atoms with Crippen LogP contribution in [0.15, 0.2) is 24.3 Å². The van der Waals surface area contributed by atoms with E-state index in [1.807, 2.05) is 31.2 Å². The van der Waals surface area contributed by atoms with Gasteiger partial charge in [0, 0.05) is 5.69 Å². The second-order valence-corrected chi connectivity index (χ2v) is 7.09. The SMILES string of the molecule is COC(=O)C1(Nc2cccc(C)c2)CCS(=O)(=O)C1. The van der Waals surface area contributed by atoms with Crippen molar-refractivity contribution in [2.45, 2.75) is 18.9 Å². The molecule has 1 heterocycles. The van der Waals surface area contributed by atoms with Crippen molar-refractivity contribution in [1.29, 1.82) is 0 Å². The van der Waals surface area contributed by atoms with Crippen LogP contribution >= 0.6 is 0 Å². The third-order valence-corrected chi connectivity index (χ3v) is 5.04. The number of methoxy groups -OCH3 is 1. The number of sulfone groups is 1. The lowest BCUT2D eigenvalue weighted by molar-refractivity contribution is -0.145. The lowest BCUT2D eigenvalue weighted by Gasteiger charge is -2.27. The van der Waals surface area contributed by atoms with Crippen LogP contribution < -0.4 is 5.32 Å². The number of carbonyl (C=O) groups is 1. The van der Waals surface area contributed by atoms with E-state index in [2.05, 4.69) is 5.32 Å². The second kappa shape index (κ2) is 4.85. The standard InChI is InChI=1S/C13H17NO4S/c1-10-4-3-5-11(8-10)14-13(12(15)18-2)6-7-19(16,17)9-13/h3-5,8,14H,6-7,9H2,1-2H3. The Labute approximate surface area is 112 Å². The van der Waals surface area contributed by atoms with Gasteiger partial charge < -0.3 is 10.1 Å². The molecule has 0 aliphatic carbocycles. The van der Waals surface area contributed by atoms with E-state index >= 15 is 0 Å². The largest absolute Gasteiger partial charge is 0.467 e. The van der Waals surface area contributed by atoms with E-state index in [1.165, 1.54) is 7.11 Å². The van der Waals surface area contributed by atoms with Gasteiger partial charge in [0.15, 0.2) is 15.4 Å². The molecule has 0 saturated carbocycles. The smallest absolute Gasteiger partial charge is 0.332 e. The monoisotopic (exact) mass is 283 g/mol. The average molecular weight is 283 g/mol. The zero-order chi connectivity index (χ0) is 14.1.